The summed E-state index contributed by atoms with van der Waals surface area (Å²) >= 11 is 0. The molecule has 0 unspecified atom stereocenters. The van der Waals surface area contributed by atoms with Gasteiger partial charge in [-0.05, 0) is 42.0 Å². The summed E-state index contributed by atoms with van der Waals surface area (Å²) in [6.45, 7) is 2.35. The minimum atomic E-state index is -0.457. The van der Waals surface area contributed by atoms with E-state index in [0.717, 1.165) is 23.2 Å². The topological polar surface area (TPSA) is 123 Å². The highest BCUT2D eigenvalue weighted by molar-refractivity contribution is 5.79. The third-order valence-corrected chi connectivity index (χ3v) is 7.12. The number of benzene rings is 2. The lowest BCUT2D eigenvalue weighted by Gasteiger charge is -2.37. The summed E-state index contributed by atoms with van der Waals surface area (Å²) in [7, 11) is 0. The van der Waals surface area contributed by atoms with Gasteiger partial charge in [0.2, 0.25) is 11.8 Å². The highest BCUT2D eigenvalue weighted by Gasteiger charge is 2.31. The molecule has 0 saturated carbocycles. The fourth-order valence-corrected chi connectivity index (χ4v) is 4.95. The van der Waals surface area contributed by atoms with Crippen LogP contribution < -0.4 is 20.7 Å². The molecule has 2 aromatic rings. The van der Waals surface area contributed by atoms with Gasteiger partial charge < -0.3 is 35.8 Å². The van der Waals surface area contributed by atoms with Crippen molar-refractivity contribution in [3.63, 3.8) is 0 Å². The molecule has 1 saturated heterocycles. The Balaban J connectivity index is 1.41. The van der Waals surface area contributed by atoms with Crippen LogP contribution in [-0.4, -0.2) is 72.4 Å². The molecule has 5 N–H and O–H groups in total. The Morgan fingerprint density at radius 3 is 2.74 bits per heavy atom. The van der Waals surface area contributed by atoms with Crippen molar-refractivity contribution in [1.82, 2.24) is 15.5 Å². The molecule has 4 rings (SSSR count). The van der Waals surface area contributed by atoms with E-state index in [2.05, 4.69) is 22.0 Å². The number of nitrogens with one attached hydrogen (secondary N) is 3. The van der Waals surface area contributed by atoms with E-state index in [1.807, 2.05) is 59.5 Å². The molecule has 0 radical (unpaired) electrons. The predicted octanol–water partition coefficient (Wildman–Crippen LogP) is 1.66. The van der Waals surface area contributed by atoms with Gasteiger partial charge in [-0.25, -0.2) is 0 Å². The summed E-state index contributed by atoms with van der Waals surface area (Å²) in [5.74, 6) is 0.974. The second kappa shape index (κ2) is 13.9. The van der Waals surface area contributed by atoms with Crippen LogP contribution in [0.3, 0.4) is 0 Å². The van der Waals surface area contributed by atoms with E-state index < -0.39 is 6.04 Å². The average Bonchev–Trinajstić information content (AvgIpc) is 2.95. The number of amides is 2. The second-order valence-corrected chi connectivity index (χ2v) is 9.89. The summed E-state index contributed by atoms with van der Waals surface area (Å²) < 4.78 is 6.05. The number of aliphatic hydroxyl groups is 2. The lowest BCUT2D eigenvalue weighted by atomic mass is 9.82. The third kappa shape index (κ3) is 7.80. The molecular formula is C29H38N4O5. The Morgan fingerprint density at radius 2 is 1.95 bits per heavy atom. The van der Waals surface area contributed by atoms with Gasteiger partial charge in [0.05, 0.1) is 25.8 Å². The number of aliphatic hydroxyl groups excluding tert-OH is 2. The van der Waals surface area contributed by atoms with E-state index in [0.29, 0.717) is 45.0 Å². The molecule has 2 aliphatic heterocycles. The molecule has 9 nitrogen and oxygen atoms in total. The number of piperidine rings is 1. The minimum Gasteiger partial charge on any atom is -0.489 e. The zero-order valence-corrected chi connectivity index (χ0v) is 21.6. The van der Waals surface area contributed by atoms with Crippen molar-refractivity contribution in [1.29, 1.82) is 0 Å². The van der Waals surface area contributed by atoms with Crippen LogP contribution in [0.5, 0.6) is 5.75 Å². The number of anilines is 1. The summed E-state index contributed by atoms with van der Waals surface area (Å²) in [6, 6.07) is 15.0. The second-order valence-electron chi connectivity index (χ2n) is 9.89. The maximum Gasteiger partial charge on any atom is 0.236 e. The Morgan fingerprint density at radius 1 is 1.13 bits per heavy atom. The first kappa shape index (κ1) is 27.6. The fraction of sp³-hybridized carbons (Fsp3) is 0.448. The smallest absolute Gasteiger partial charge is 0.236 e. The quantitative estimate of drug-likeness (QED) is 0.334. The van der Waals surface area contributed by atoms with Crippen LogP contribution >= 0.6 is 0 Å². The fourth-order valence-electron chi connectivity index (χ4n) is 4.95. The van der Waals surface area contributed by atoms with Gasteiger partial charge in [-0.15, -0.1) is 0 Å². The lowest BCUT2D eigenvalue weighted by molar-refractivity contribution is -0.132. The molecule has 0 aliphatic carbocycles. The largest absolute Gasteiger partial charge is 0.489 e. The lowest BCUT2D eigenvalue weighted by Crippen LogP contribution is -2.47. The zero-order chi connectivity index (χ0) is 26.7. The summed E-state index contributed by atoms with van der Waals surface area (Å²) in [5.41, 5.74) is 2.69. The Bertz CT molecular complexity index is 1090. The standard InChI is InChI=1S/C29H38N4O5/c34-19-26(20-35)32-25-8-9-27-24(13-25)16-30-17-29(37)33-11-10-22(23(18-33)7-4-12-38-27)14-28(36)31-15-21-5-2-1-3-6-21/h1-9,13,22-23,26,30,32,34-35H,10-12,14-20H2,(H,31,36)/b7-4+/t22-,23-/m0/s1. The van der Waals surface area contributed by atoms with Crippen LogP contribution in [0.1, 0.15) is 24.0 Å². The predicted molar refractivity (Wildman–Crippen MR) is 145 cm³/mol. The number of hydrogen-bond acceptors (Lipinski definition) is 7. The molecule has 2 aromatic carbocycles. The van der Waals surface area contributed by atoms with Gasteiger partial charge in [0.25, 0.3) is 0 Å². The van der Waals surface area contributed by atoms with Crippen LogP contribution in [0.25, 0.3) is 0 Å². The molecule has 2 atom stereocenters. The molecule has 2 amide bonds. The van der Waals surface area contributed by atoms with Crippen molar-refractivity contribution >= 4 is 17.5 Å². The third-order valence-electron chi connectivity index (χ3n) is 7.12. The van der Waals surface area contributed by atoms with Crippen molar-refractivity contribution in [2.45, 2.75) is 32.0 Å². The van der Waals surface area contributed by atoms with Crippen LogP contribution in [-0.2, 0) is 22.7 Å². The first-order chi connectivity index (χ1) is 18.6. The van der Waals surface area contributed by atoms with E-state index in [-0.39, 0.29) is 43.4 Å². The highest BCUT2D eigenvalue weighted by Crippen LogP contribution is 2.29. The van der Waals surface area contributed by atoms with Crippen LogP contribution in [0.4, 0.5) is 5.69 Å². The van der Waals surface area contributed by atoms with Crippen LogP contribution in [0.15, 0.2) is 60.7 Å². The van der Waals surface area contributed by atoms with E-state index >= 15 is 0 Å². The van der Waals surface area contributed by atoms with E-state index in [4.69, 9.17) is 4.74 Å². The van der Waals surface area contributed by atoms with Gasteiger partial charge in [0.15, 0.2) is 0 Å². The SMILES string of the molecule is O=C(C[C@@H]1CCN2C[C@@H]1/C=C/COc1ccc(NC(CO)CO)cc1CNCC2=O)NCc1ccccc1. The maximum absolute atomic E-state index is 13.0. The van der Waals surface area contributed by atoms with Gasteiger partial charge >= 0.3 is 0 Å². The molecular weight excluding hydrogens is 484 g/mol. The summed E-state index contributed by atoms with van der Waals surface area (Å²) in [4.78, 5) is 27.6. The highest BCUT2D eigenvalue weighted by atomic mass is 16.5. The minimum absolute atomic E-state index is 0.0239. The molecule has 9 heteroatoms. The average molecular weight is 523 g/mol. The first-order valence-corrected chi connectivity index (χ1v) is 13.3. The van der Waals surface area contributed by atoms with Crippen molar-refractivity contribution in [2.75, 3.05) is 44.8 Å². The van der Waals surface area contributed by atoms with Gasteiger partial charge in [0.1, 0.15) is 12.4 Å². The molecule has 1 fully saturated rings. The molecule has 38 heavy (non-hydrogen) atoms. The maximum atomic E-state index is 13.0. The Labute approximate surface area is 223 Å². The molecule has 2 bridgehead atoms. The Kier molecular flexibility index (Phi) is 10.1. The van der Waals surface area contributed by atoms with Crippen LogP contribution in [0, 0.1) is 11.8 Å². The van der Waals surface area contributed by atoms with Gasteiger partial charge in [-0.1, -0.05) is 42.5 Å². The monoisotopic (exact) mass is 522 g/mol. The van der Waals surface area contributed by atoms with E-state index in [9.17, 15) is 19.8 Å². The van der Waals surface area contributed by atoms with E-state index in [1.54, 1.807) is 0 Å². The van der Waals surface area contributed by atoms with Gasteiger partial charge in [-0.2, -0.15) is 0 Å². The summed E-state index contributed by atoms with van der Waals surface area (Å²) in [5, 5.41) is 28.1. The van der Waals surface area contributed by atoms with Crippen molar-refractivity contribution in [3.8, 4) is 5.75 Å². The van der Waals surface area contributed by atoms with Crippen LogP contribution in [0.2, 0.25) is 0 Å². The van der Waals surface area contributed by atoms with E-state index in [1.165, 1.54) is 0 Å². The number of hydrogen-bond donors (Lipinski definition) is 5. The summed E-state index contributed by atoms with van der Waals surface area (Å²) in [6.07, 6.45) is 5.25. The van der Waals surface area contributed by atoms with Crippen molar-refractivity contribution < 1.29 is 24.5 Å². The van der Waals surface area contributed by atoms with Crippen molar-refractivity contribution in [2.24, 2.45) is 11.8 Å². The molecule has 2 heterocycles. The first-order valence-electron chi connectivity index (χ1n) is 13.3. The van der Waals surface area contributed by atoms with Gasteiger partial charge in [-0.3, -0.25) is 9.59 Å². The number of nitrogens with zero attached hydrogens (tertiary/aromatic N) is 1. The normalized spacial score (nSPS) is 20.8. The molecule has 204 valence electrons. The van der Waals surface area contributed by atoms with Crippen molar-refractivity contribution in [3.05, 3.63) is 71.8 Å². The number of rotatable bonds is 8. The number of ether oxygens (including phenoxy) is 1. The number of carbonyl (C=O) groups is 2. The molecule has 0 spiro atoms. The zero-order valence-electron chi connectivity index (χ0n) is 21.6. The molecule has 0 aromatic heterocycles. The Hall–Kier alpha value is -3.40. The number of fused-ring (bicyclic) bond motifs is 3. The molecule has 2 aliphatic rings. The van der Waals surface area contributed by atoms with Gasteiger partial charge in [0, 0.05) is 43.9 Å². The number of carbonyl (C=O) groups excluding carboxylic acids is 2.